The summed E-state index contributed by atoms with van der Waals surface area (Å²) >= 11 is 0. The predicted molar refractivity (Wildman–Crippen MR) is 48.9 cm³/mol. The minimum absolute atomic E-state index is 0.0484. The number of nitrogens with one attached hydrogen (secondary N) is 1. The summed E-state index contributed by atoms with van der Waals surface area (Å²) in [6, 6.07) is -0.258. The van der Waals surface area contributed by atoms with Crippen molar-refractivity contribution in [3.63, 3.8) is 0 Å². The molecule has 1 rings (SSSR count). The monoisotopic (exact) mass is 182 g/mol. The van der Waals surface area contributed by atoms with Gasteiger partial charge in [0.1, 0.15) is 11.9 Å². The van der Waals surface area contributed by atoms with Gasteiger partial charge in [0.25, 0.3) is 0 Å². The van der Waals surface area contributed by atoms with Crippen LogP contribution in [0.3, 0.4) is 0 Å². The molecule has 0 aromatic carbocycles. The zero-order chi connectivity index (χ0) is 9.84. The Bertz CT molecular complexity index is 294. The molecule has 1 aromatic rings. The summed E-state index contributed by atoms with van der Waals surface area (Å²) in [5.41, 5.74) is 5.46. The summed E-state index contributed by atoms with van der Waals surface area (Å²) in [5.74, 6) is 0.670. The Kier molecular flexibility index (Phi) is 3.02. The highest BCUT2D eigenvalue weighted by atomic mass is 16.2. The highest BCUT2D eigenvalue weighted by Gasteiger charge is 2.14. The zero-order valence-corrected chi connectivity index (χ0v) is 7.82. The van der Waals surface area contributed by atoms with Gasteiger partial charge in [0.2, 0.25) is 5.91 Å². The SMILES string of the molecule is CNC(=O)C(C)n1ccnc1CN. The molecule has 1 amide bonds. The first-order chi connectivity index (χ1) is 6.20. The van der Waals surface area contributed by atoms with Crippen LogP contribution in [0, 0.1) is 0 Å². The summed E-state index contributed by atoms with van der Waals surface area (Å²) < 4.78 is 1.76. The van der Waals surface area contributed by atoms with E-state index in [0.717, 1.165) is 5.82 Å². The van der Waals surface area contributed by atoms with Crippen LogP contribution in [-0.2, 0) is 11.3 Å². The molecule has 3 N–H and O–H groups in total. The molecular weight excluding hydrogens is 168 g/mol. The van der Waals surface area contributed by atoms with Gasteiger partial charge in [-0.2, -0.15) is 0 Å². The number of nitrogens with zero attached hydrogens (tertiary/aromatic N) is 2. The van der Waals surface area contributed by atoms with Crippen molar-refractivity contribution in [1.29, 1.82) is 0 Å². The van der Waals surface area contributed by atoms with Gasteiger partial charge >= 0.3 is 0 Å². The van der Waals surface area contributed by atoms with Gasteiger partial charge in [-0.3, -0.25) is 4.79 Å². The van der Waals surface area contributed by atoms with E-state index in [-0.39, 0.29) is 11.9 Å². The number of hydrogen-bond acceptors (Lipinski definition) is 3. The van der Waals surface area contributed by atoms with Gasteiger partial charge in [0.05, 0.1) is 6.54 Å². The minimum Gasteiger partial charge on any atom is -0.357 e. The van der Waals surface area contributed by atoms with Crippen LogP contribution >= 0.6 is 0 Å². The van der Waals surface area contributed by atoms with E-state index in [0.29, 0.717) is 6.54 Å². The second-order valence-corrected chi connectivity index (χ2v) is 2.75. The molecule has 0 saturated heterocycles. The van der Waals surface area contributed by atoms with E-state index in [1.165, 1.54) is 0 Å². The lowest BCUT2D eigenvalue weighted by atomic mass is 10.3. The van der Waals surface area contributed by atoms with E-state index in [2.05, 4.69) is 10.3 Å². The smallest absolute Gasteiger partial charge is 0.242 e. The van der Waals surface area contributed by atoms with Gasteiger partial charge < -0.3 is 15.6 Å². The summed E-state index contributed by atoms with van der Waals surface area (Å²) in [6.07, 6.45) is 3.39. The Morgan fingerprint density at radius 3 is 3.08 bits per heavy atom. The van der Waals surface area contributed by atoms with E-state index in [9.17, 15) is 4.79 Å². The molecule has 0 radical (unpaired) electrons. The highest BCUT2D eigenvalue weighted by molar-refractivity contribution is 5.79. The lowest BCUT2D eigenvalue weighted by Gasteiger charge is -2.13. The van der Waals surface area contributed by atoms with E-state index in [1.54, 1.807) is 30.9 Å². The van der Waals surface area contributed by atoms with Crippen molar-refractivity contribution in [2.24, 2.45) is 5.73 Å². The molecule has 0 fully saturated rings. The first-order valence-corrected chi connectivity index (χ1v) is 4.14. The fraction of sp³-hybridized carbons (Fsp3) is 0.500. The van der Waals surface area contributed by atoms with Gasteiger partial charge in [0, 0.05) is 19.4 Å². The van der Waals surface area contributed by atoms with E-state index in [4.69, 9.17) is 5.73 Å². The summed E-state index contributed by atoms with van der Waals surface area (Å²) in [4.78, 5) is 15.3. The lowest BCUT2D eigenvalue weighted by molar-refractivity contribution is -0.123. The van der Waals surface area contributed by atoms with Crippen molar-refractivity contribution < 1.29 is 4.79 Å². The second-order valence-electron chi connectivity index (χ2n) is 2.75. The largest absolute Gasteiger partial charge is 0.357 e. The van der Waals surface area contributed by atoms with E-state index >= 15 is 0 Å². The maximum absolute atomic E-state index is 11.3. The third-order valence-corrected chi connectivity index (χ3v) is 1.97. The van der Waals surface area contributed by atoms with E-state index in [1.807, 2.05) is 0 Å². The maximum atomic E-state index is 11.3. The molecule has 72 valence electrons. The number of amides is 1. The number of carbonyl (C=O) groups excluding carboxylic acids is 1. The molecule has 0 bridgehead atoms. The molecule has 1 atom stereocenters. The Labute approximate surface area is 76.9 Å². The van der Waals surface area contributed by atoms with Gasteiger partial charge in [-0.25, -0.2) is 4.98 Å². The molecule has 1 aromatic heterocycles. The topological polar surface area (TPSA) is 72.9 Å². The molecule has 13 heavy (non-hydrogen) atoms. The lowest BCUT2D eigenvalue weighted by Crippen LogP contribution is -2.28. The quantitative estimate of drug-likeness (QED) is 0.671. The van der Waals surface area contributed by atoms with Gasteiger partial charge in [-0.1, -0.05) is 0 Å². The van der Waals surface area contributed by atoms with Crippen LogP contribution in [0.1, 0.15) is 18.8 Å². The number of carbonyl (C=O) groups is 1. The standard InChI is InChI=1S/C8H14N4O/c1-6(8(13)10-2)12-4-3-11-7(12)5-9/h3-4,6H,5,9H2,1-2H3,(H,10,13). The Hall–Kier alpha value is -1.36. The molecule has 0 spiro atoms. The zero-order valence-electron chi connectivity index (χ0n) is 7.82. The van der Waals surface area contributed by atoms with Crippen LogP contribution in [0.5, 0.6) is 0 Å². The Balaban J connectivity index is 2.87. The Morgan fingerprint density at radius 1 is 1.85 bits per heavy atom. The molecule has 0 saturated carbocycles. The van der Waals surface area contributed by atoms with Crippen molar-refractivity contribution in [2.75, 3.05) is 7.05 Å². The summed E-state index contributed by atoms with van der Waals surface area (Å²) in [5, 5.41) is 2.58. The number of likely N-dealkylation sites (N-methyl/N-ethyl adjacent to an activating group) is 1. The van der Waals surface area contributed by atoms with E-state index < -0.39 is 0 Å². The first-order valence-electron chi connectivity index (χ1n) is 4.14. The number of imidazole rings is 1. The average Bonchev–Trinajstić information content (AvgIpc) is 2.62. The predicted octanol–water partition coefficient (Wildman–Crippen LogP) is -0.351. The molecular formula is C8H14N4O. The number of nitrogens with two attached hydrogens (primary N) is 1. The van der Waals surface area contributed by atoms with Crippen LogP contribution in [0.25, 0.3) is 0 Å². The van der Waals surface area contributed by atoms with Crippen LogP contribution in [-0.4, -0.2) is 22.5 Å². The highest BCUT2D eigenvalue weighted by Crippen LogP contribution is 2.08. The van der Waals surface area contributed by atoms with Crippen LogP contribution in [0.2, 0.25) is 0 Å². The van der Waals surface area contributed by atoms with Crippen molar-refractivity contribution in [3.05, 3.63) is 18.2 Å². The maximum Gasteiger partial charge on any atom is 0.242 e. The third kappa shape index (κ3) is 1.86. The molecule has 1 unspecified atom stereocenters. The fourth-order valence-electron chi connectivity index (χ4n) is 1.19. The number of aromatic nitrogens is 2. The van der Waals surface area contributed by atoms with Crippen LogP contribution in [0.15, 0.2) is 12.4 Å². The molecule has 0 aliphatic heterocycles. The average molecular weight is 182 g/mol. The van der Waals surface area contributed by atoms with Gasteiger partial charge in [-0.05, 0) is 6.92 Å². The van der Waals surface area contributed by atoms with Crippen molar-refractivity contribution in [2.45, 2.75) is 19.5 Å². The van der Waals surface area contributed by atoms with Crippen LogP contribution < -0.4 is 11.1 Å². The van der Waals surface area contributed by atoms with Crippen molar-refractivity contribution in [1.82, 2.24) is 14.9 Å². The molecule has 1 heterocycles. The molecule has 5 heteroatoms. The number of rotatable bonds is 3. The molecule has 5 nitrogen and oxygen atoms in total. The fourth-order valence-corrected chi connectivity index (χ4v) is 1.19. The Morgan fingerprint density at radius 2 is 2.54 bits per heavy atom. The van der Waals surface area contributed by atoms with Crippen molar-refractivity contribution in [3.8, 4) is 0 Å². The first kappa shape index (κ1) is 9.73. The summed E-state index contributed by atoms with van der Waals surface area (Å²) in [7, 11) is 1.61. The number of hydrogen-bond donors (Lipinski definition) is 2. The van der Waals surface area contributed by atoms with Crippen LogP contribution in [0.4, 0.5) is 0 Å². The normalized spacial score (nSPS) is 12.5. The van der Waals surface area contributed by atoms with Gasteiger partial charge in [-0.15, -0.1) is 0 Å². The second kappa shape index (κ2) is 4.04. The molecule has 0 aliphatic rings. The van der Waals surface area contributed by atoms with Crippen molar-refractivity contribution >= 4 is 5.91 Å². The minimum atomic E-state index is -0.258. The third-order valence-electron chi connectivity index (χ3n) is 1.97. The summed E-state index contributed by atoms with van der Waals surface area (Å²) in [6.45, 7) is 2.15. The molecule has 0 aliphatic carbocycles. The van der Waals surface area contributed by atoms with Gasteiger partial charge in [0.15, 0.2) is 0 Å².